The molecule has 0 atom stereocenters. The molecule has 1 saturated heterocycles. The molecule has 0 bridgehead atoms. The van der Waals surface area contributed by atoms with E-state index in [1.807, 2.05) is 24.5 Å². The number of hydrogen-bond donors (Lipinski definition) is 1. The van der Waals surface area contributed by atoms with Crippen molar-refractivity contribution >= 4 is 17.7 Å². The normalized spacial score (nSPS) is 15.2. The maximum Gasteiger partial charge on any atom is 0.255 e. The van der Waals surface area contributed by atoms with Crippen LogP contribution in [-0.2, 0) is 6.54 Å². The fraction of sp³-hybridized carbons (Fsp3) is 0.409. The highest BCUT2D eigenvalue weighted by molar-refractivity contribution is 7.98. The minimum Gasteiger partial charge on any atom is -0.493 e. The van der Waals surface area contributed by atoms with Gasteiger partial charge in [0.2, 0.25) is 0 Å². The summed E-state index contributed by atoms with van der Waals surface area (Å²) in [7, 11) is 3.15. The molecule has 2 aromatic rings. The van der Waals surface area contributed by atoms with E-state index in [4.69, 9.17) is 9.47 Å². The van der Waals surface area contributed by atoms with Crippen LogP contribution in [0.5, 0.6) is 11.5 Å². The lowest BCUT2D eigenvalue weighted by Gasteiger charge is -2.32. The first-order chi connectivity index (χ1) is 13.6. The van der Waals surface area contributed by atoms with Crippen LogP contribution < -0.4 is 14.8 Å². The van der Waals surface area contributed by atoms with Crippen LogP contribution in [0.25, 0.3) is 0 Å². The van der Waals surface area contributed by atoms with Gasteiger partial charge in [0.05, 0.1) is 19.8 Å². The van der Waals surface area contributed by atoms with Gasteiger partial charge in [-0.3, -0.25) is 9.69 Å². The van der Waals surface area contributed by atoms with Crippen molar-refractivity contribution in [3.63, 3.8) is 0 Å². The van der Waals surface area contributed by atoms with E-state index in [1.54, 1.807) is 26.0 Å². The van der Waals surface area contributed by atoms with Crippen LogP contribution in [0.2, 0.25) is 0 Å². The summed E-state index contributed by atoms with van der Waals surface area (Å²) in [6.07, 6.45) is 3.87. The Bertz CT molecular complexity index is 790. The van der Waals surface area contributed by atoms with Gasteiger partial charge in [-0.2, -0.15) is 0 Å². The zero-order valence-corrected chi connectivity index (χ0v) is 17.6. The van der Waals surface area contributed by atoms with Gasteiger partial charge in [0, 0.05) is 30.6 Å². The number of piperidine rings is 1. The van der Waals surface area contributed by atoms with E-state index < -0.39 is 0 Å². The van der Waals surface area contributed by atoms with Crippen LogP contribution in [0.15, 0.2) is 47.4 Å². The molecular weight excluding hydrogens is 372 g/mol. The minimum absolute atomic E-state index is 0.104. The number of thioether (sulfide) groups is 1. The van der Waals surface area contributed by atoms with Crippen LogP contribution >= 0.6 is 11.8 Å². The Balaban J connectivity index is 1.61. The van der Waals surface area contributed by atoms with Crippen LogP contribution in [0, 0.1) is 0 Å². The predicted octanol–water partition coefficient (Wildman–Crippen LogP) is 3.82. The summed E-state index contributed by atoms with van der Waals surface area (Å²) >= 11 is 1.57. The second-order valence-corrected chi connectivity index (χ2v) is 7.80. The molecule has 0 spiro atoms. The predicted molar refractivity (Wildman–Crippen MR) is 114 cm³/mol. The molecule has 1 amide bonds. The Kier molecular flexibility index (Phi) is 7.23. The fourth-order valence-electron chi connectivity index (χ4n) is 3.57. The number of carbonyl (C=O) groups excluding carboxylic acids is 1. The first-order valence-electron chi connectivity index (χ1n) is 9.51. The van der Waals surface area contributed by atoms with Gasteiger partial charge in [0.1, 0.15) is 0 Å². The summed E-state index contributed by atoms with van der Waals surface area (Å²) in [4.78, 5) is 16.3. The van der Waals surface area contributed by atoms with Crippen molar-refractivity contribution in [3.05, 3.63) is 53.6 Å². The van der Waals surface area contributed by atoms with E-state index in [0.717, 1.165) is 37.4 Å². The second kappa shape index (κ2) is 9.85. The average molecular weight is 401 g/mol. The topological polar surface area (TPSA) is 50.8 Å². The fourth-order valence-corrected chi connectivity index (χ4v) is 4.03. The molecule has 0 aliphatic carbocycles. The molecule has 1 fully saturated rings. The zero-order chi connectivity index (χ0) is 19.9. The minimum atomic E-state index is -0.104. The molecule has 0 saturated carbocycles. The number of nitrogens with zero attached hydrogens (tertiary/aromatic N) is 1. The molecule has 1 N–H and O–H groups in total. The molecule has 0 unspecified atom stereocenters. The largest absolute Gasteiger partial charge is 0.493 e. The van der Waals surface area contributed by atoms with Crippen molar-refractivity contribution < 1.29 is 14.3 Å². The summed E-state index contributed by atoms with van der Waals surface area (Å²) in [6, 6.07) is 14.4. The van der Waals surface area contributed by atoms with Crippen LogP contribution in [0.4, 0.5) is 0 Å². The second-order valence-electron chi connectivity index (χ2n) is 6.92. The Labute approximate surface area is 171 Å². The van der Waals surface area contributed by atoms with Crippen LogP contribution in [0.1, 0.15) is 28.8 Å². The highest BCUT2D eigenvalue weighted by atomic mass is 32.2. The van der Waals surface area contributed by atoms with Crippen molar-refractivity contribution in [2.45, 2.75) is 30.3 Å². The lowest BCUT2D eigenvalue weighted by Crippen LogP contribution is -2.44. The van der Waals surface area contributed by atoms with Gasteiger partial charge >= 0.3 is 0 Å². The van der Waals surface area contributed by atoms with E-state index >= 15 is 0 Å². The Morgan fingerprint density at radius 3 is 2.46 bits per heavy atom. The average Bonchev–Trinajstić information content (AvgIpc) is 2.74. The van der Waals surface area contributed by atoms with Crippen LogP contribution in [0.3, 0.4) is 0 Å². The van der Waals surface area contributed by atoms with E-state index in [0.29, 0.717) is 17.1 Å². The van der Waals surface area contributed by atoms with Crippen molar-refractivity contribution in [2.24, 2.45) is 0 Å². The van der Waals surface area contributed by atoms with Gasteiger partial charge < -0.3 is 14.8 Å². The molecule has 1 aliphatic heterocycles. The lowest BCUT2D eigenvalue weighted by molar-refractivity contribution is 0.0905. The van der Waals surface area contributed by atoms with Crippen molar-refractivity contribution in [1.29, 1.82) is 0 Å². The Morgan fingerprint density at radius 1 is 1.14 bits per heavy atom. The van der Waals surface area contributed by atoms with Crippen molar-refractivity contribution in [3.8, 4) is 11.5 Å². The van der Waals surface area contributed by atoms with Crippen molar-refractivity contribution in [2.75, 3.05) is 33.6 Å². The monoisotopic (exact) mass is 400 g/mol. The number of rotatable bonds is 7. The number of hydrogen-bond acceptors (Lipinski definition) is 5. The number of carbonyl (C=O) groups is 1. The Morgan fingerprint density at radius 2 is 1.86 bits per heavy atom. The van der Waals surface area contributed by atoms with E-state index in [-0.39, 0.29) is 11.9 Å². The zero-order valence-electron chi connectivity index (χ0n) is 16.7. The third-order valence-electron chi connectivity index (χ3n) is 5.10. The van der Waals surface area contributed by atoms with E-state index in [9.17, 15) is 4.79 Å². The number of nitrogens with one attached hydrogen (secondary N) is 1. The van der Waals surface area contributed by atoms with Gasteiger partial charge in [0.25, 0.3) is 5.91 Å². The SMILES string of the molecule is COc1cc(SC)cc(C(=O)NC2CCN(Cc3ccccc3)CC2)c1OC. The van der Waals surface area contributed by atoms with Gasteiger partial charge in [-0.05, 0) is 36.8 Å². The number of likely N-dealkylation sites (tertiary alicyclic amines) is 1. The Hall–Kier alpha value is -2.18. The molecule has 0 radical (unpaired) electrons. The molecule has 150 valence electrons. The number of methoxy groups -OCH3 is 2. The molecule has 3 rings (SSSR count). The number of benzene rings is 2. The molecule has 0 aromatic heterocycles. The van der Waals surface area contributed by atoms with Gasteiger partial charge in [0.15, 0.2) is 11.5 Å². The van der Waals surface area contributed by atoms with E-state index in [1.165, 1.54) is 5.56 Å². The highest BCUT2D eigenvalue weighted by Gasteiger charge is 2.24. The standard InChI is InChI=1S/C22H28N2O3S/c1-26-20-14-18(28-3)13-19(21(20)27-2)22(25)23-17-9-11-24(12-10-17)15-16-7-5-4-6-8-16/h4-8,13-14,17H,9-12,15H2,1-3H3,(H,23,25). The molecular formula is C22H28N2O3S. The molecule has 28 heavy (non-hydrogen) atoms. The summed E-state index contributed by atoms with van der Waals surface area (Å²) in [6.45, 7) is 2.92. The van der Waals surface area contributed by atoms with E-state index in [2.05, 4.69) is 34.5 Å². The lowest BCUT2D eigenvalue weighted by atomic mass is 10.0. The highest BCUT2D eigenvalue weighted by Crippen LogP contribution is 2.35. The maximum absolute atomic E-state index is 12.9. The van der Waals surface area contributed by atoms with Crippen LogP contribution in [-0.4, -0.2) is 50.4 Å². The third-order valence-corrected chi connectivity index (χ3v) is 5.81. The number of ether oxygens (including phenoxy) is 2. The molecule has 1 heterocycles. The summed E-state index contributed by atoms with van der Waals surface area (Å²) in [5.74, 6) is 0.962. The maximum atomic E-state index is 12.9. The summed E-state index contributed by atoms with van der Waals surface area (Å²) in [5, 5.41) is 3.19. The summed E-state index contributed by atoms with van der Waals surface area (Å²) in [5.41, 5.74) is 1.86. The molecule has 1 aliphatic rings. The van der Waals surface area contributed by atoms with Gasteiger partial charge in [-0.15, -0.1) is 11.8 Å². The first-order valence-corrected chi connectivity index (χ1v) is 10.7. The first kappa shape index (κ1) is 20.6. The molecule has 5 nitrogen and oxygen atoms in total. The third kappa shape index (κ3) is 5.00. The smallest absolute Gasteiger partial charge is 0.255 e. The quantitative estimate of drug-likeness (QED) is 0.716. The molecule has 6 heteroatoms. The van der Waals surface area contributed by atoms with Gasteiger partial charge in [-0.1, -0.05) is 30.3 Å². The summed E-state index contributed by atoms with van der Waals surface area (Å²) < 4.78 is 10.9. The van der Waals surface area contributed by atoms with Gasteiger partial charge in [-0.25, -0.2) is 0 Å². The molecule has 2 aromatic carbocycles. The van der Waals surface area contributed by atoms with Crippen molar-refractivity contribution in [1.82, 2.24) is 10.2 Å². The number of amides is 1.